The number of nitrogens with zero attached hydrogens (tertiary/aromatic N) is 3. The van der Waals surface area contributed by atoms with Crippen LogP contribution < -0.4 is 5.73 Å². The van der Waals surface area contributed by atoms with E-state index in [1.807, 2.05) is 6.92 Å². The molecular weight excluding hydrogens is 344 g/mol. The third-order valence-corrected chi connectivity index (χ3v) is 3.70. The minimum Gasteiger partial charge on any atom is -0.493 e. The molecule has 104 valence electrons. The van der Waals surface area contributed by atoms with Crippen molar-refractivity contribution in [1.29, 1.82) is 0 Å². The Morgan fingerprint density at radius 2 is 2.15 bits per heavy atom. The van der Waals surface area contributed by atoms with Gasteiger partial charge in [-0.15, -0.1) is 10.2 Å². The van der Waals surface area contributed by atoms with E-state index in [9.17, 15) is 9.90 Å². The van der Waals surface area contributed by atoms with Crippen molar-refractivity contribution >= 4 is 55.8 Å². The maximum atomic E-state index is 11.7. The molecule has 1 aromatic heterocycles. The van der Waals surface area contributed by atoms with Gasteiger partial charge in [-0.1, -0.05) is 15.9 Å². The predicted molar refractivity (Wildman–Crippen MR) is 83.6 cm³/mol. The van der Waals surface area contributed by atoms with E-state index in [-0.39, 0.29) is 22.6 Å². The highest BCUT2D eigenvalue weighted by molar-refractivity contribution is 9.10. The zero-order valence-corrected chi connectivity index (χ0v) is 13.1. The molecule has 0 unspecified atom stereocenters. The highest BCUT2D eigenvalue weighted by Gasteiger charge is 2.20. The molecule has 0 aliphatic heterocycles. The number of aromatic nitrogens is 1. The number of fused-ring (bicyclic) bond motifs is 1. The molecule has 1 aromatic carbocycles. The van der Waals surface area contributed by atoms with Crippen molar-refractivity contribution < 1.29 is 9.90 Å². The number of thiocarbonyl (C=S) groups is 1. The van der Waals surface area contributed by atoms with Crippen LogP contribution in [0.2, 0.25) is 0 Å². The first-order valence-electron chi connectivity index (χ1n) is 5.58. The summed E-state index contributed by atoms with van der Waals surface area (Å²) in [4.78, 5) is 11.7. The van der Waals surface area contributed by atoms with Crippen molar-refractivity contribution in [2.45, 2.75) is 13.8 Å². The van der Waals surface area contributed by atoms with Gasteiger partial charge in [0, 0.05) is 16.8 Å². The quantitative estimate of drug-likeness (QED) is 0.606. The number of benzene rings is 1. The Hall–Kier alpha value is -1.80. The largest absolute Gasteiger partial charge is 0.493 e. The third-order valence-electron chi connectivity index (χ3n) is 2.76. The van der Waals surface area contributed by atoms with Gasteiger partial charge in [0.05, 0.1) is 5.52 Å². The van der Waals surface area contributed by atoms with Crippen molar-refractivity contribution in [3.8, 4) is 5.88 Å². The van der Waals surface area contributed by atoms with E-state index >= 15 is 0 Å². The van der Waals surface area contributed by atoms with Crippen LogP contribution in [-0.4, -0.2) is 20.7 Å². The standard InChI is InChI=1S/C12H11BrN4O2S/c1-5-3-7-9(4-8(5)13)17(6(2)18)11(19)10(7)15-16-12(14)20/h3-4,19H,1-2H3,(H2,14,20). The van der Waals surface area contributed by atoms with Gasteiger partial charge in [-0.2, -0.15) is 0 Å². The predicted octanol–water partition coefficient (Wildman–Crippen LogP) is 3.41. The van der Waals surface area contributed by atoms with Crippen molar-refractivity contribution in [3.05, 3.63) is 22.2 Å². The smallest absolute Gasteiger partial charge is 0.230 e. The van der Waals surface area contributed by atoms with Gasteiger partial charge in [0.2, 0.25) is 16.9 Å². The van der Waals surface area contributed by atoms with E-state index in [0.717, 1.165) is 14.6 Å². The summed E-state index contributed by atoms with van der Waals surface area (Å²) in [6.07, 6.45) is 0. The van der Waals surface area contributed by atoms with Crippen LogP contribution in [0, 0.1) is 6.92 Å². The molecule has 8 heteroatoms. The van der Waals surface area contributed by atoms with Crippen LogP contribution in [0.3, 0.4) is 0 Å². The van der Waals surface area contributed by atoms with Gasteiger partial charge in [-0.05, 0) is 36.8 Å². The molecule has 0 amide bonds. The number of aromatic hydroxyl groups is 1. The monoisotopic (exact) mass is 354 g/mol. The summed E-state index contributed by atoms with van der Waals surface area (Å²) in [7, 11) is 0. The van der Waals surface area contributed by atoms with Gasteiger partial charge < -0.3 is 10.8 Å². The summed E-state index contributed by atoms with van der Waals surface area (Å²) in [6, 6.07) is 3.54. The van der Waals surface area contributed by atoms with E-state index < -0.39 is 0 Å². The van der Waals surface area contributed by atoms with Crippen LogP contribution in [0.15, 0.2) is 26.8 Å². The Kier molecular flexibility index (Phi) is 3.87. The first-order chi connectivity index (χ1) is 9.32. The lowest BCUT2D eigenvalue weighted by Crippen LogP contribution is -2.04. The average molecular weight is 355 g/mol. The molecule has 0 radical (unpaired) electrons. The summed E-state index contributed by atoms with van der Waals surface area (Å²) in [6.45, 7) is 3.24. The fourth-order valence-corrected chi connectivity index (χ4v) is 2.27. The van der Waals surface area contributed by atoms with Crippen LogP contribution in [0.1, 0.15) is 17.3 Å². The number of azo groups is 1. The van der Waals surface area contributed by atoms with Crippen LogP contribution >= 0.6 is 28.1 Å². The van der Waals surface area contributed by atoms with Crippen LogP contribution in [0.4, 0.5) is 5.69 Å². The maximum absolute atomic E-state index is 11.7. The van der Waals surface area contributed by atoms with Crippen molar-refractivity contribution in [2.24, 2.45) is 16.0 Å². The molecule has 6 nitrogen and oxygen atoms in total. The number of halogens is 1. The topological polar surface area (TPSA) is 93.0 Å². The summed E-state index contributed by atoms with van der Waals surface area (Å²) in [5.41, 5.74) is 6.90. The molecule has 0 aliphatic carbocycles. The molecule has 0 atom stereocenters. The molecule has 0 aliphatic rings. The zero-order valence-electron chi connectivity index (χ0n) is 10.7. The van der Waals surface area contributed by atoms with Gasteiger partial charge in [-0.3, -0.25) is 4.79 Å². The maximum Gasteiger partial charge on any atom is 0.230 e. The number of carbonyl (C=O) groups excluding carboxylic acids is 1. The number of hydrogen-bond acceptors (Lipinski definition) is 4. The molecule has 0 saturated heterocycles. The number of rotatable bonds is 1. The van der Waals surface area contributed by atoms with E-state index in [2.05, 4.69) is 38.4 Å². The average Bonchev–Trinajstić information content (AvgIpc) is 2.59. The Morgan fingerprint density at radius 1 is 1.50 bits per heavy atom. The summed E-state index contributed by atoms with van der Waals surface area (Å²) in [5.74, 6) is -0.620. The van der Waals surface area contributed by atoms with Crippen molar-refractivity contribution in [2.75, 3.05) is 0 Å². The van der Waals surface area contributed by atoms with E-state index in [1.54, 1.807) is 12.1 Å². The van der Waals surface area contributed by atoms with Crippen LogP contribution in [0.5, 0.6) is 5.88 Å². The van der Waals surface area contributed by atoms with Gasteiger partial charge in [0.25, 0.3) is 0 Å². The van der Waals surface area contributed by atoms with Crippen molar-refractivity contribution in [3.63, 3.8) is 0 Å². The van der Waals surface area contributed by atoms with Crippen LogP contribution in [-0.2, 0) is 0 Å². The molecular formula is C12H11BrN4O2S. The zero-order chi connectivity index (χ0) is 15.0. The van der Waals surface area contributed by atoms with Gasteiger partial charge in [0.1, 0.15) is 0 Å². The van der Waals surface area contributed by atoms with E-state index in [1.165, 1.54) is 6.92 Å². The summed E-state index contributed by atoms with van der Waals surface area (Å²) in [5, 5.41) is 18.0. The molecule has 3 N–H and O–H groups in total. The minimum absolute atomic E-state index is 0.151. The second kappa shape index (κ2) is 5.29. The van der Waals surface area contributed by atoms with Gasteiger partial charge >= 0.3 is 0 Å². The Bertz CT molecular complexity index is 767. The number of nitrogens with two attached hydrogens (primary N) is 1. The Labute approximate surface area is 128 Å². The second-order valence-electron chi connectivity index (χ2n) is 4.18. The Balaban J connectivity index is 2.86. The van der Waals surface area contributed by atoms with E-state index in [0.29, 0.717) is 10.9 Å². The second-order valence-corrected chi connectivity index (χ2v) is 5.46. The first-order valence-corrected chi connectivity index (χ1v) is 6.78. The number of aryl methyl sites for hydroxylation is 1. The fraction of sp³-hybridized carbons (Fsp3) is 0.167. The van der Waals surface area contributed by atoms with Gasteiger partial charge in [-0.25, -0.2) is 4.57 Å². The summed E-state index contributed by atoms with van der Waals surface area (Å²) >= 11 is 8.01. The molecule has 2 aromatic rings. The first kappa shape index (κ1) is 14.6. The number of hydrogen-bond donors (Lipinski definition) is 2. The Morgan fingerprint density at radius 3 is 2.70 bits per heavy atom. The molecule has 0 saturated carbocycles. The minimum atomic E-state index is -0.333. The van der Waals surface area contributed by atoms with E-state index in [4.69, 9.17) is 5.73 Å². The highest BCUT2D eigenvalue weighted by atomic mass is 79.9. The lowest BCUT2D eigenvalue weighted by molar-refractivity contribution is 0.0933. The molecule has 0 spiro atoms. The normalized spacial score (nSPS) is 11.3. The fourth-order valence-electron chi connectivity index (χ4n) is 1.90. The SMILES string of the molecule is CC(=O)n1c(O)c(N=NC(N)=S)c2cc(C)c(Br)cc21. The molecule has 1 heterocycles. The molecule has 20 heavy (non-hydrogen) atoms. The molecule has 0 bridgehead atoms. The number of carbonyl (C=O) groups is 1. The lowest BCUT2D eigenvalue weighted by atomic mass is 10.1. The lowest BCUT2D eigenvalue weighted by Gasteiger charge is -2.02. The summed E-state index contributed by atoms with van der Waals surface area (Å²) < 4.78 is 1.98. The highest BCUT2D eigenvalue weighted by Crippen LogP contribution is 2.40. The van der Waals surface area contributed by atoms with Crippen LogP contribution in [0.25, 0.3) is 10.9 Å². The molecule has 2 rings (SSSR count). The molecule has 0 fully saturated rings. The van der Waals surface area contributed by atoms with Gasteiger partial charge in [0.15, 0.2) is 5.69 Å². The third kappa shape index (κ3) is 2.44. The van der Waals surface area contributed by atoms with Crippen molar-refractivity contribution in [1.82, 2.24) is 4.57 Å².